The van der Waals surface area contributed by atoms with E-state index >= 15 is 0 Å². The summed E-state index contributed by atoms with van der Waals surface area (Å²) in [6.07, 6.45) is 5.60. The number of H-pyrrole nitrogens is 1. The molecule has 2 amide bonds. The summed E-state index contributed by atoms with van der Waals surface area (Å²) in [4.78, 5) is 30.4. The highest BCUT2D eigenvalue weighted by Crippen LogP contribution is 2.28. The van der Waals surface area contributed by atoms with Gasteiger partial charge in [0.2, 0.25) is 5.89 Å². The molecule has 1 aromatic carbocycles. The summed E-state index contributed by atoms with van der Waals surface area (Å²) in [7, 11) is 0. The maximum Gasteiger partial charge on any atom is 0.261 e. The molecule has 4 heterocycles. The Balaban J connectivity index is 1.25. The fourth-order valence-corrected chi connectivity index (χ4v) is 4.73. The van der Waals surface area contributed by atoms with Crippen molar-refractivity contribution in [1.82, 2.24) is 25.8 Å². The van der Waals surface area contributed by atoms with Crippen LogP contribution in [0.4, 0.5) is 0 Å². The molecule has 0 spiro atoms. The maximum atomic E-state index is 12.8. The number of benzene rings is 1. The molecule has 0 bridgehead atoms. The minimum atomic E-state index is -0.330. The van der Waals surface area contributed by atoms with Gasteiger partial charge in [-0.3, -0.25) is 14.7 Å². The average Bonchev–Trinajstić information content (AvgIpc) is 3.62. The van der Waals surface area contributed by atoms with Crippen molar-refractivity contribution in [3.05, 3.63) is 58.2 Å². The molecule has 0 radical (unpaired) electrons. The lowest BCUT2D eigenvalue weighted by molar-refractivity contribution is 0.0698. The van der Waals surface area contributed by atoms with Crippen molar-refractivity contribution in [3.63, 3.8) is 0 Å². The predicted octanol–water partition coefficient (Wildman–Crippen LogP) is 4.07. The molecule has 34 heavy (non-hydrogen) atoms. The molecular weight excluding hydrogens is 454 g/mol. The molecule has 1 saturated heterocycles. The van der Waals surface area contributed by atoms with Gasteiger partial charge in [0.15, 0.2) is 0 Å². The summed E-state index contributed by atoms with van der Waals surface area (Å²) in [6, 6.07) is 6.98. The molecule has 0 saturated carbocycles. The Hall–Kier alpha value is -3.50. The van der Waals surface area contributed by atoms with E-state index in [0.717, 1.165) is 29.3 Å². The number of amides is 2. The van der Waals surface area contributed by atoms with Crippen LogP contribution in [0, 0.1) is 0 Å². The molecule has 1 aliphatic heterocycles. The third-order valence-electron chi connectivity index (χ3n) is 5.91. The van der Waals surface area contributed by atoms with E-state index in [0.29, 0.717) is 41.7 Å². The standard InChI is InChI=1S/C24H25N5O4S/c1-2-18(28-22(30)14-3-4-19-15(9-14)11-26-29-19)20-12-25-24(33-20)16-10-21(34-13-16)23(31)27-17-5-7-32-8-6-17/h3-4,9-13,17-18H,2,5-8H2,1H3,(H,26,29)(H,27,31)(H,28,30)/t18-/m1/s1. The van der Waals surface area contributed by atoms with Gasteiger partial charge in [0.1, 0.15) is 5.76 Å². The van der Waals surface area contributed by atoms with Crippen molar-refractivity contribution in [3.8, 4) is 11.5 Å². The van der Waals surface area contributed by atoms with Crippen molar-refractivity contribution < 1.29 is 18.7 Å². The fraction of sp³-hybridized carbons (Fsp3) is 0.333. The molecule has 10 heteroatoms. The number of aromatic nitrogens is 3. The first-order valence-electron chi connectivity index (χ1n) is 11.3. The Morgan fingerprint density at radius 3 is 2.88 bits per heavy atom. The van der Waals surface area contributed by atoms with Crippen molar-refractivity contribution in [1.29, 1.82) is 0 Å². The lowest BCUT2D eigenvalue weighted by atomic mass is 10.1. The number of thiophene rings is 1. The molecule has 3 aromatic heterocycles. The van der Waals surface area contributed by atoms with E-state index in [2.05, 4.69) is 25.8 Å². The molecule has 1 atom stereocenters. The number of carbonyl (C=O) groups is 2. The first-order valence-corrected chi connectivity index (χ1v) is 12.2. The smallest absolute Gasteiger partial charge is 0.261 e. The van der Waals surface area contributed by atoms with Crippen molar-refractivity contribution in [2.75, 3.05) is 13.2 Å². The summed E-state index contributed by atoms with van der Waals surface area (Å²) in [5.41, 5.74) is 2.16. The van der Waals surface area contributed by atoms with Crippen molar-refractivity contribution in [2.45, 2.75) is 38.3 Å². The number of carbonyl (C=O) groups excluding carboxylic acids is 2. The second-order valence-electron chi connectivity index (χ2n) is 8.23. The highest BCUT2D eigenvalue weighted by atomic mass is 32.1. The topological polar surface area (TPSA) is 122 Å². The molecule has 0 aliphatic carbocycles. The third-order valence-corrected chi connectivity index (χ3v) is 6.84. The number of hydrogen-bond donors (Lipinski definition) is 3. The van der Waals surface area contributed by atoms with Crippen LogP contribution in [0.5, 0.6) is 0 Å². The Morgan fingerprint density at radius 1 is 1.21 bits per heavy atom. The van der Waals surface area contributed by atoms with E-state index < -0.39 is 0 Å². The largest absolute Gasteiger partial charge is 0.439 e. The zero-order valence-electron chi connectivity index (χ0n) is 18.7. The Labute approximate surface area is 199 Å². The van der Waals surface area contributed by atoms with E-state index in [9.17, 15) is 9.59 Å². The zero-order chi connectivity index (χ0) is 23.5. The molecule has 1 fully saturated rings. The average molecular weight is 480 g/mol. The second kappa shape index (κ2) is 9.78. The number of nitrogens with one attached hydrogen (secondary N) is 3. The third kappa shape index (κ3) is 4.73. The lowest BCUT2D eigenvalue weighted by Crippen LogP contribution is -2.38. The summed E-state index contributed by atoms with van der Waals surface area (Å²) in [6.45, 7) is 3.31. The van der Waals surface area contributed by atoms with Gasteiger partial charge in [0.05, 0.1) is 28.8 Å². The monoisotopic (exact) mass is 479 g/mol. The first kappa shape index (κ1) is 22.3. The molecule has 3 N–H and O–H groups in total. The quantitative estimate of drug-likeness (QED) is 0.367. The van der Waals surface area contributed by atoms with Crippen LogP contribution in [0.3, 0.4) is 0 Å². The molecular formula is C24H25N5O4S. The molecule has 9 nitrogen and oxygen atoms in total. The van der Waals surface area contributed by atoms with E-state index in [1.807, 2.05) is 18.4 Å². The molecule has 4 aromatic rings. The minimum Gasteiger partial charge on any atom is -0.439 e. The first-order chi connectivity index (χ1) is 16.6. The van der Waals surface area contributed by atoms with Crippen LogP contribution in [0.1, 0.15) is 58.0 Å². The van der Waals surface area contributed by atoms with Gasteiger partial charge in [0.25, 0.3) is 11.8 Å². The molecule has 1 aliphatic rings. The van der Waals surface area contributed by atoms with Gasteiger partial charge in [0, 0.05) is 41.1 Å². The number of nitrogens with zero attached hydrogens (tertiary/aromatic N) is 2. The zero-order valence-corrected chi connectivity index (χ0v) is 19.5. The Morgan fingerprint density at radius 2 is 2.06 bits per heavy atom. The summed E-state index contributed by atoms with van der Waals surface area (Å²) in [5, 5.41) is 15.7. The van der Waals surface area contributed by atoms with Crippen LogP contribution < -0.4 is 10.6 Å². The van der Waals surface area contributed by atoms with Gasteiger partial charge >= 0.3 is 0 Å². The normalized spacial score (nSPS) is 15.3. The van der Waals surface area contributed by atoms with E-state index in [4.69, 9.17) is 9.15 Å². The predicted molar refractivity (Wildman–Crippen MR) is 128 cm³/mol. The van der Waals surface area contributed by atoms with Gasteiger partial charge in [-0.25, -0.2) is 4.98 Å². The molecule has 176 valence electrons. The van der Waals surface area contributed by atoms with Crippen LogP contribution in [-0.4, -0.2) is 46.3 Å². The summed E-state index contributed by atoms with van der Waals surface area (Å²) < 4.78 is 11.3. The SMILES string of the molecule is CC[C@@H](NC(=O)c1ccc2[nH]ncc2c1)c1cnc(-c2csc(C(=O)NC3CCOCC3)c2)o1. The van der Waals surface area contributed by atoms with Crippen LogP contribution in [0.2, 0.25) is 0 Å². The van der Waals surface area contributed by atoms with Crippen molar-refractivity contribution >= 4 is 34.1 Å². The number of fused-ring (bicyclic) bond motifs is 1. The fourth-order valence-electron chi connectivity index (χ4n) is 3.95. The molecule has 5 rings (SSSR count). The van der Waals surface area contributed by atoms with Crippen LogP contribution in [-0.2, 0) is 4.74 Å². The highest BCUT2D eigenvalue weighted by Gasteiger charge is 2.22. The number of aromatic amines is 1. The number of ether oxygens (including phenoxy) is 1. The number of hydrogen-bond acceptors (Lipinski definition) is 7. The summed E-state index contributed by atoms with van der Waals surface area (Å²) in [5.74, 6) is 0.692. The van der Waals surface area contributed by atoms with Gasteiger partial charge in [-0.05, 0) is 43.5 Å². The Kier molecular flexibility index (Phi) is 6.41. The van der Waals surface area contributed by atoms with E-state index in [-0.39, 0.29) is 23.9 Å². The minimum absolute atomic E-state index is 0.0942. The van der Waals surface area contributed by atoms with Gasteiger partial charge in [-0.15, -0.1) is 11.3 Å². The molecule has 0 unspecified atom stereocenters. The second-order valence-corrected chi connectivity index (χ2v) is 9.15. The van der Waals surface area contributed by atoms with Crippen LogP contribution in [0.25, 0.3) is 22.4 Å². The highest BCUT2D eigenvalue weighted by molar-refractivity contribution is 7.12. The van der Waals surface area contributed by atoms with Crippen molar-refractivity contribution in [2.24, 2.45) is 0 Å². The van der Waals surface area contributed by atoms with E-state index in [1.54, 1.807) is 30.6 Å². The van der Waals surface area contributed by atoms with E-state index in [1.165, 1.54) is 11.3 Å². The van der Waals surface area contributed by atoms with Crippen LogP contribution in [0.15, 0.2) is 46.5 Å². The van der Waals surface area contributed by atoms with Crippen LogP contribution >= 0.6 is 11.3 Å². The lowest BCUT2D eigenvalue weighted by Gasteiger charge is -2.22. The van der Waals surface area contributed by atoms with Gasteiger partial charge in [-0.1, -0.05) is 6.92 Å². The Bertz CT molecular complexity index is 1300. The van der Waals surface area contributed by atoms with Gasteiger partial charge < -0.3 is 19.8 Å². The summed E-state index contributed by atoms with van der Waals surface area (Å²) >= 11 is 1.35. The number of rotatable bonds is 7. The maximum absolute atomic E-state index is 12.8. The van der Waals surface area contributed by atoms with Gasteiger partial charge in [-0.2, -0.15) is 5.10 Å². The number of oxazole rings is 1.